The Morgan fingerprint density at radius 2 is 2.22 bits per heavy atom. The molecule has 3 rings (SSSR count). The molecule has 0 aliphatic carbocycles. The third kappa shape index (κ3) is 3.28. The zero-order chi connectivity index (χ0) is 16.6. The van der Waals surface area contributed by atoms with E-state index >= 15 is 0 Å². The molecule has 0 fully saturated rings. The van der Waals surface area contributed by atoms with Gasteiger partial charge < -0.3 is 4.98 Å². The maximum absolute atomic E-state index is 12.4. The van der Waals surface area contributed by atoms with E-state index in [9.17, 15) is 4.79 Å². The minimum atomic E-state index is -0.146. The summed E-state index contributed by atoms with van der Waals surface area (Å²) in [7, 11) is 0. The molecule has 0 amide bonds. The van der Waals surface area contributed by atoms with Gasteiger partial charge in [-0.05, 0) is 35.4 Å². The SMILES string of the molecule is CC(C)(C)C/C=C1/N=Cc2cc(-c3cccs3)c(=O)[nH]c2N1N. The van der Waals surface area contributed by atoms with Crippen molar-refractivity contribution < 1.29 is 0 Å². The summed E-state index contributed by atoms with van der Waals surface area (Å²) >= 11 is 1.53. The second kappa shape index (κ2) is 5.79. The fourth-order valence-electron chi connectivity index (χ4n) is 2.31. The molecule has 0 atom stereocenters. The number of rotatable bonds is 2. The number of H-pyrrole nitrogens is 1. The molecule has 0 bridgehead atoms. The van der Waals surface area contributed by atoms with E-state index in [1.807, 2.05) is 29.7 Å². The first-order valence-corrected chi connectivity index (χ1v) is 8.33. The van der Waals surface area contributed by atoms with Gasteiger partial charge in [0.05, 0.1) is 5.56 Å². The Morgan fingerprint density at radius 3 is 2.87 bits per heavy atom. The number of thiophene rings is 1. The molecule has 3 heterocycles. The molecule has 1 aliphatic heterocycles. The Morgan fingerprint density at radius 1 is 1.43 bits per heavy atom. The van der Waals surface area contributed by atoms with Crippen LogP contribution in [0.4, 0.5) is 5.82 Å². The van der Waals surface area contributed by atoms with E-state index in [1.54, 1.807) is 6.21 Å². The zero-order valence-corrected chi connectivity index (χ0v) is 14.3. The average molecular weight is 328 g/mol. The topological polar surface area (TPSA) is 74.5 Å². The van der Waals surface area contributed by atoms with E-state index in [-0.39, 0.29) is 11.0 Å². The Labute approximate surface area is 139 Å². The highest BCUT2D eigenvalue weighted by molar-refractivity contribution is 7.13. The lowest BCUT2D eigenvalue weighted by Crippen LogP contribution is -2.35. The molecule has 120 valence electrons. The molecule has 2 aromatic heterocycles. The number of hydrazine groups is 1. The van der Waals surface area contributed by atoms with E-state index in [0.717, 1.165) is 16.9 Å². The molecule has 2 aromatic rings. The minimum Gasteiger partial charge on any atom is -0.306 e. The van der Waals surface area contributed by atoms with Gasteiger partial charge in [0.2, 0.25) is 0 Å². The van der Waals surface area contributed by atoms with Crippen molar-refractivity contribution in [2.75, 3.05) is 5.01 Å². The number of nitrogens with one attached hydrogen (secondary N) is 1. The second-order valence-electron chi connectivity index (χ2n) is 6.75. The molecular weight excluding hydrogens is 308 g/mol. The quantitative estimate of drug-likeness (QED) is 0.829. The maximum atomic E-state index is 12.4. The van der Waals surface area contributed by atoms with Crippen LogP contribution in [0, 0.1) is 5.41 Å². The van der Waals surface area contributed by atoms with E-state index in [2.05, 4.69) is 30.7 Å². The smallest absolute Gasteiger partial charge is 0.258 e. The Hall–Kier alpha value is -2.18. The summed E-state index contributed by atoms with van der Waals surface area (Å²) in [6.45, 7) is 6.46. The molecule has 0 radical (unpaired) electrons. The van der Waals surface area contributed by atoms with Crippen LogP contribution < -0.4 is 16.4 Å². The predicted octanol–water partition coefficient (Wildman–Crippen LogP) is 3.49. The predicted molar refractivity (Wildman–Crippen MR) is 96.8 cm³/mol. The number of anilines is 1. The molecule has 5 nitrogen and oxygen atoms in total. The average Bonchev–Trinajstić information content (AvgIpc) is 3.00. The summed E-state index contributed by atoms with van der Waals surface area (Å²) in [4.78, 5) is 20.6. The number of hydrogen-bond acceptors (Lipinski definition) is 5. The van der Waals surface area contributed by atoms with Gasteiger partial charge in [-0.3, -0.25) is 4.79 Å². The molecule has 1 aliphatic rings. The number of nitrogens with two attached hydrogens (primary N) is 1. The first-order valence-electron chi connectivity index (χ1n) is 7.45. The van der Waals surface area contributed by atoms with Crippen LogP contribution in [0.15, 0.2) is 45.3 Å². The number of aromatic amines is 1. The highest BCUT2D eigenvalue weighted by atomic mass is 32.1. The third-order valence-corrected chi connectivity index (χ3v) is 4.46. The Kier molecular flexibility index (Phi) is 3.95. The summed E-state index contributed by atoms with van der Waals surface area (Å²) in [5.41, 5.74) is 1.45. The molecule has 0 saturated heterocycles. The lowest BCUT2D eigenvalue weighted by molar-refractivity contribution is 0.419. The molecule has 0 saturated carbocycles. The molecule has 0 aromatic carbocycles. The Bertz CT molecular complexity index is 825. The highest BCUT2D eigenvalue weighted by Crippen LogP contribution is 2.28. The van der Waals surface area contributed by atoms with E-state index < -0.39 is 0 Å². The van der Waals surface area contributed by atoms with Gasteiger partial charge in [-0.1, -0.05) is 26.8 Å². The second-order valence-corrected chi connectivity index (χ2v) is 7.70. The monoisotopic (exact) mass is 328 g/mol. The van der Waals surface area contributed by atoms with Crippen molar-refractivity contribution in [3.8, 4) is 10.4 Å². The van der Waals surface area contributed by atoms with Crippen LogP contribution in [-0.4, -0.2) is 11.2 Å². The van der Waals surface area contributed by atoms with Crippen molar-refractivity contribution in [3.63, 3.8) is 0 Å². The standard InChI is InChI=1S/C17H20N4OS/c1-17(2,3)7-6-14-19-10-11-9-12(13-5-4-8-23-13)16(22)20-15(11)21(14)18/h4-6,8-10H,7,18H2,1-3H3,(H,20,22)/b14-6-. The molecule has 3 N–H and O–H groups in total. The van der Waals surface area contributed by atoms with Crippen molar-refractivity contribution in [2.24, 2.45) is 16.3 Å². The molecular formula is C17H20N4OS. The fraction of sp³-hybridized carbons (Fsp3) is 0.294. The number of allylic oxidation sites excluding steroid dienone is 1. The van der Waals surface area contributed by atoms with Gasteiger partial charge in [0, 0.05) is 16.7 Å². The number of aromatic nitrogens is 1. The lowest BCUT2D eigenvalue weighted by atomic mass is 9.92. The fourth-order valence-corrected chi connectivity index (χ4v) is 3.05. The molecule has 6 heteroatoms. The largest absolute Gasteiger partial charge is 0.306 e. The Balaban J connectivity index is 1.99. The molecule has 0 spiro atoms. The van der Waals surface area contributed by atoms with Crippen LogP contribution in [0.3, 0.4) is 0 Å². The van der Waals surface area contributed by atoms with Crippen LogP contribution in [0.1, 0.15) is 32.8 Å². The normalized spacial score (nSPS) is 16.0. The van der Waals surface area contributed by atoms with Crippen LogP contribution in [0.5, 0.6) is 0 Å². The number of aliphatic imine (C=N–C) groups is 1. The van der Waals surface area contributed by atoms with Gasteiger partial charge in [-0.25, -0.2) is 15.8 Å². The summed E-state index contributed by atoms with van der Waals surface area (Å²) in [5.74, 6) is 7.36. The van der Waals surface area contributed by atoms with Gasteiger partial charge >= 0.3 is 0 Å². The lowest BCUT2D eigenvalue weighted by Gasteiger charge is -2.25. The number of nitrogens with zero attached hydrogens (tertiary/aromatic N) is 2. The van der Waals surface area contributed by atoms with Crippen molar-refractivity contribution >= 4 is 23.4 Å². The van der Waals surface area contributed by atoms with Crippen molar-refractivity contribution in [2.45, 2.75) is 27.2 Å². The van der Waals surface area contributed by atoms with Gasteiger partial charge in [-0.2, -0.15) is 0 Å². The zero-order valence-electron chi connectivity index (χ0n) is 13.5. The maximum Gasteiger partial charge on any atom is 0.258 e. The van der Waals surface area contributed by atoms with Gasteiger partial charge in [0.15, 0.2) is 0 Å². The summed E-state index contributed by atoms with van der Waals surface area (Å²) in [5, 5.41) is 3.39. The summed E-state index contributed by atoms with van der Waals surface area (Å²) in [6.07, 6.45) is 4.59. The summed E-state index contributed by atoms with van der Waals surface area (Å²) in [6, 6.07) is 5.69. The third-order valence-electron chi connectivity index (χ3n) is 3.56. The number of fused-ring (bicyclic) bond motifs is 1. The van der Waals surface area contributed by atoms with E-state index in [0.29, 0.717) is 17.2 Å². The van der Waals surface area contributed by atoms with Crippen LogP contribution in [0.2, 0.25) is 0 Å². The first-order chi connectivity index (χ1) is 10.8. The van der Waals surface area contributed by atoms with Gasteiger partial charge in [-0.15, -0.1) is 11.3 Å². The first kappa shape index (κ1) is 15.7. The van der Waals surface area contributed by atoms with E-state index in [4.69, 9.17) is 5.84 Å². The van der Waals surface area contributed by atoms with Crippen LogP contribution in [0.25, 0.3) is 10.4 Å². The van der Waals surface area contributed by atoms with Gasteiger partial charge in [0.1, 0.15) is 11.6 Å². The van der Waals surface area contributed by atoms with Crippen LogP contribution >= 0.6 is 11.3 Å². The number of pyridine rings is 1. The molecule has 0 unspecified atom stereocenters. The minimum absolute atomic E-state index is 0.146. The van der Waals surface area contributed by atoms with E-state index in [1.165, 1.54) is 16.3 Å². The van der Waals surface area contributed by atoms with Crippen molar-refractivity contribution in [1.82, 2.24) is 4.98 Å². The van der Waals surface area contributed by atoms with Gasteiger partial charge in [0.25, 0.3) is 5.56 Å². The molecule has 23 heavy (non-hydrogen) atoms. The summed E-state index contributed by atoms with van der Waals surface area (Å²) < 4.78 is 0. The van der Waals surface area contributed by atoms with Crippen molar-refractivity contribution in [3.05, 3.63) is 51.4 Å². The van der Waals surface area contributed by atoms with Crippen molar-refractivity contribution in [1.29, 1.82) is 0 Å². The highest BCUT2D eigenvalue weighted by Gasteiger charge is 2.20. The number of hydrogen-bond donors (Lipinski definition) is 2. The van der Waals surface area contributed by atoms with Crippen LogP contribution in [-0.2, 0) is 0 Å².